The Labute approximate surface area is 90.0 Å². The van der Waals surface area contributed by atoms with Gasteiger partial charge in [0.2, 0.25) is 5.89 Å². The first-order chi connectivity index (χ1) is 7.42. The van der Waals surface area contributed by atoms with Crippen LogP contribution in [-0.2, 0) is 11.3 Å². The highest BCUT2D eigenvalue weighted by Crippen LogP contribution is 2.13. The summed E-state index contributed by atoms with van der Waals surface area (Å²) in [6.45, 7) is 0.491. The molecule has 1 aromatic heterocycles. The molecular weight excluding hydrogens is 227 g/mol. The van der Waals surface area contributed by atoms with Crippen LogP contribution in [0.3, 0.4) is 0 Å². The average molecular weight is 239 g/mol. The highest BCUT2D eigenvalue weighted by atomic mass is 19.4. The van der Waals surface area contributed by atoms with Crippen LogP contribution < -0.4 is 5.32 Å². The summed E-state index contributed by atoms with van der Waals surface area (Å²) in [5.41, 5.74) is 0. The summed E-state index contributed by atoms with van der Waals surface area (Å²) in [5.74, 6) is 0.412. The first-order valence-corrected chi connectivity index (χ1v) is 4.55. The number of hydrogen-bond donors (Lipinski definition) is 1. The maximum atomic E-state index is 11.8. The quantitative estimate of drug-likeness (QED) is 0.842. The Hall–Kier alpha value is -1.15. The van der Waals surface area contributed by atoms with E-state index in [1.54, 1.807) is 6.92 Å². The Morgan fingerprint density at radius 1 is 1.50 bits per heavy atom. The van der Waals surface area contributed by atoms with Gasteiger partial charge in [0, 0.05) is 7.11 Å². The number of ether oxygens (including phenoxy) is 1. The van der Waals surface area contributed by atoms with Crippen molar-refractivity contribution in [2.24, 2.45) is 0 Å². The summed E-state index contributed by atoms with van der Waals surface area (Å²) < 4.78 is 45.0. The van der Waals surface area contributed by atoms with E-state index in [4.69, 9.17) is 9.26 Å². The van der Waals surface area contributed by atoms with Gasteiger partial charge in [-0.1, -0.05) is 5.16 Å². The second kappa shape index (κ2) is 5.26. The lowest BCUT2D eigenvalue weighted by Gasteiger charge is -2.05. The van der Waals surface area contributed by atoms with Crippen LogP contribution in [-0.4, -0.2) is 30.0 Å². The lowest BCUT2D eigenvalue weighted by atomic mass is 10.4. The van der Waals surface area contributed by atoms with Crippen molar-refractivity contribution in [3.05, 3.63) is 11.7 Å². The lowest BCUT2D eigenvalue weighted by molar-refractivity contribution is -0.125. The van der Waals surface area contributed by atoms with E-state index in [0.717, 1.165) is 0 Å². The van der Waals surface area contributed by atoms with Gasteiger partial charge >= 0.3 is 6.18 Å². The number of nitrogens with one attached hydrogen (secondary N) is 1. The third-order valence-corrected chi connectivity index (χ3v) is 1.80. The number of aromatic nitrogens is 2. The Morgan fingerprint density at radius 2 is 2.19 bits per heavy atom. The largest absolute Gasteiger partial charge is 0.401 e. The van der Waals surface area contributed by atoms with Crippen LogP contribution in [0.2, 0.25) is 0 Å². The Kier molecular flexibility index (Phi) is 4.25. The van der Waals surface area contributed by atoms with E-state index < -0.39 is 12.7 Å². The Balaban J connectivity index is 2.41. The normalized spacial score (nSPS) is 14.1. The van der Waals surface area contributed by atoms with Crippen molar-refractivity contribution in [3.63, 3.8) is 0 Å². The summed E-state index contributed by atoms with van der Waals surface area (Å²) in [4.78, 5) is 3.87. The van der Waals surface area contributed by atoms with Gasteiger partial charge in [-0.3, -0.25) is 0 Å². The summed E-state index contributed by atoms with van der Waals surface area (Å²) in [5, 5.41) is 5.72. The third kappa shape index (κ3) is 4.15. The average Bonchev–Trinajstić information content (AvgIpc) is 2.63. The fourth-order valence-corrected chi connectivity index (χ4v) is 0.922. The second-order valence-corrected chi connectivity index (χ2v) is 3.14. The molecule has 1 unspecified atom stereocenters. The predicted octanol–water partition coefficient (Wildman–Crippen LogP) is 1.43. The van der Waals surface area contributed by atoms with E-state index in [1.165, 1.54) is 7.11 Å². The maximum Gasteiger partial charge on any atom is 0.401 e. The fraction of sp³-hybridized carbons (Fsp3) is 0.750. The van der Waals surface area contributed by atoms with E-state index in [-0.39, 0.29) is 18.5 Å². The summed E-state index contributed by atoms with van der Waals surface area (Å²) in [6, 6.07) is 0. The molecule has 1 atom stereocenters. The van der Waals surface area contributed by atoms with E-state index in [1.807, 2.05) is 0 Å². The SMILES string of the molecule is COC(C)c1noc(CNCC(F)(F)F)n1. The standard InChI is InChI=1S/C8H12F3N3O2/c1-5(15-2)7-13-6(16-14-7)3-12-4-8(9,10)11/h5,12H,3-4H2,1-2H3. The summed E-state index contributed by atoms with van der Waals surface area (Å²) >= 11 is 0. The number of methoxy groups -OCH3 is 1. The molecule has 1 aromatic rings. The molecule has 0 aliphatic rings. The molecule has 92 valence electrons. The molecule has 0 bridgehead atoms. The minimum atomic E-state index is -4.25. The summed E-state index contributed by atoms with van der Waals surface area (Å²) in [7, 11) is 1.47. The third-order valence-electron chi connectivity index (χ3n) is 1.80. The predicted molar refractivity (Wildman–Crippen MR) is 47.5 cm³/mol. The van der Waals surface area contributed by atoms with Gasteiger partial charge in [0.15, 0.2) is 5.82 Å². The van der Waals surface area contributed by atoms with Crippen molar-refractivity contribution in [1.82, 2.24) is 15.5 Å². The molecule has 0 aromatic carbocycles. The van der Waals surface area contributed by atoms with Gasteiger partial charge in [-0.2, -0.15) is 18.2 Å². The number of halogens is 3. The molecule has 1 rings (SSSR count). The molecule has 0 amide bonds. The van der Waals surface area contributed by atoms with Gasteiger partial charge in [0.25, 0.3) is 0 Å². The Morgan fingerprint density at radius 3 is 2.75 bits per heavy atom. The molecule has 1 heterocycles. The first-order valence-electron chi connectivity index (χ1n) is 4.55. The van der Waals surface area contributed by atoms with E-state index in [9.17, 15) is 13.2 Å². The molecule has 0 spiro atoms. The van der Waals surface area contributed by atoms with Crippen molar-refractivity contribution >= 4 is 0 Å². The number of alkyl halides is 3. The van der Waals surface area contributed by atoms with Crippen LogP contribution in [0.1, 0.15) is 24.7 Å². The maximum absolute atomic E-state index is 11.8. The van der Waals surface area contributed by atoms with Crippen molar-refractivity contribution in [2.75, 3.05) is 13.7 Å². The van der Waals surface area contributed by atoms with Crippen LogP contribution >= 0.6 is 0 Å². The zero-order valence-electron chi connectivity index (χ0n) is 8.84. The minimum Gasteiger partial charge on any atom is -0.374 e. The highest BCUT2D eigenvalue weighted by Gasteiger charge is 2.26. The zero-order valence-corrected chi connectivity index (χ0v) is 8.84. The highest BCUT2D eigenvalue weighted by molar-refractivity contribution is 4.89. The van der Waals surface area contributed by atoms with Crippen molar-refractivity contribution in [1.29, 1.82) is 0 Å². The molecule has 0 fully saturated rings. The lowest BCUT2D eigenvalue weighted by Crippen LogP contribution is -2.28. The molecule has 0 aliphatic carbocycles. The number of nitrogens with zero attached hydrogens (tertiary/aromatic N) is 2. The molecule has 16 heavy (non-hydrogen) atoms. The summed E-state index contributed by atoms with van der Waals surface area (Å²) in [6.07, 6.45) is -4.59. The molecule has 0 aliphatic heterocycles. The van der Waals surface area contributed by atoms with E-state index in [0.29, 0.717) is 5.82 Å². The Bertz CT molecular complexity index is 327. The van der Waals surface area contributed by atoms with E-state index in [2.05, 4.69) is 15.5 Å². The van der Waals surface area contributed by atoms with Crippen LogP contribution in [0.4, 0.5) is 13.2 Å². The van der Waals surface area contributed by atoms with E-state index >= 15 is 0 Å². The van der Waals surface area contributed by atoms with Crippen molar-refractivity contribution in [2.45, 2.75) is 25.7 Å². The van der Waals surface area contributed by atoms with Gasteiger partial charge in [-0.05, 0) is 6.92 Å². The van der Waals surface area contributed by atoms with Crippen molar-refractivity contribution in [3.8, 4) is 0 Å². The molecule has 0 saturated heterocycles. The van der Waals surface area contributed by atoms with Crippen LogP contribution in [0, 0.1) is 0 Å². The zero-order chi connectivity index (χ0) is 12.2. The van der Waals surface area contributed by atoms with Crippen LogP contribution in [0.25, 0.3) is 0 Å². The van der Waals surface area contributed by atoms with Gasteiger partial charge in [0.05, 0.1) is 13.1 Å². The number of rotatable bonds is 5. The smallest absolute Gasteiger partial charge is 0.374 e. The van der Waals surface area contributed by atoms with Crippen molar-refractivity contribution < 1.29 is 22.4 Å². The van der Waals surface area contributed by atoms with Gasteiger partial charge in [-0.15, -0.1) is 0 Å². The number of hydrogen-bond acceptors (Lipinski definition) is 5. The van der Waals surface area contributed by atoms with Gasteiger partial charge < -0.3 is 14.6 Å². The van der Waals surface area contributed by atoms with Crippen LogP contribution in [0.15, 0.2) is 4.52 Å². The molecule has 0 radical (unpaired) electrons. The molecule has 5 nitrogen and oxygen atoms in total. The fourth-order valence-electron chi connectivity index (χ4n) is 0.922. The second-order valence-electron chi connectivity index (χ2n) is 3.14. The minimum absolute atomic E-state index is 0.100. The monoisotopic (exact) mass is 239 g/mol. The molecular formula is C8H12F3N3O2. The molecule has 0 saturated carbocycles. The first kappa shape index (κ1) is 12.9. The molecule has 8 heteroatoms. The topological polar surface area (TPSA) is 60.2 Å². The van der Waals surface area contributed by atoms with Gasteiger partial charge in [-0.25, -0.2) is 0 Å². The van der Waals surface area contributed by atoms with Crippen LogP contribution in [0.5, 0.6) is 0 Å². The van der Waals surface area contributed by atoms with Gasteiger partial charge in [0.1, 0.15) is 6.10 Å². The molecule has 1 N–H and O–H groups in total.